The third-order valence-electron chi connectivity index (χ3n) is 3.13. The van der Waals surface area contributed by atoms with E-state index in [1.807, 2.05) is 0 Å². The Kier molecular flexibility index (Phi) is 4.79. The monoisotopic (exact) mass is 280 g/mol. The van der Waals surface area contributed by atoms with E-state index in [4.69, 9.17) is 5.11 Å². The molecule has 1 atom stereocenters. The highest BCUT2D eigenvalue weighted by molar-refractivity contribution is 5.88. The van der Waals surface area contributed by atoms with E-state index in [9.17, 15) is 19.7 Å². The normalized spacial score (nSPS) is 13.3. The van der Waals surface area contributed by atoms with Crippen LogP contribution < -0.4 is 5.32 Å². The lowest BCUT2D eigenvalue weighted by molar-refractivity contribution is -0.385. The molecule has 1 rings (SSSR count). The fourth-order valence-electron chi connectivity index (χ4n) is 1.66. The molecule has 1 amide bonds. The van der Waals surface area contributed by atoms with Crippen molar-refractivity contribution in [3.63, 3.8) is 0 Å². The van der Waals surface area contributed by atoms with Gasteiger partial charge in [-0.25, -0.2) is 4.79 Å². The number of amides is 1. The van der Waals surface area contributed by atoms with Gasteiger partial charge < -0.3 is 10.4 Å². The predicted octanol–water partition coefficient (Wildman–Crippen LogP) is 1.51. The SMILES string of the molecule is CCC(C)(NC(=O)Cc1ccccc1[N+](=O)[O-])C(=O)O. The van der Waals surface area contributed by atoms with Gasteiger partial charge in [-0.3, -0.25) is 14.9 Å². The van der Waals surface area contributed by atoms with Crippen LogP contribution in [0.2, 0.25) is 0 Å². The number of hydrogen-bond donors (Lipinski definition) is 2. The molecular formula is C13H16N2O5. The highest BCUT2D eigenvalue weighted by Gasteiger charge is 2.33. The molecule has 2 N–H and O–H groups in total. The molecule has 0 radical (unpaired) electrons. The molecule has 7 nitrogen and oxygen atoms in total. The molecule has 1 unspecified atom stereocenters. The van der Waals surface area contributed by atoms with Crippen LogP contribution in [0.1, 0.15) is 25.8 Å². The van der Waals surface area contributed by atoms with E-state index in [2.05, 4.69) is 5.32 Å². The minimum atomic E-state index is -1.37. The van der Waals surface area contributed by atoms with E-state index in [1.54, 1.807) is 13.0 Å². The number of hydrogen-bond acceptors (Lipinski definition) is 4. The molecule has 0 aliphatic rings. The Bertz CT molecular complexity index is 543. The van der Waals surface area contributed by atoms with Crippen LogP contribution in [0.5, 0.6) is 0 Å². The summed E-state index contributed by atoms with van der Waals surface area (Å²) in [5, 5.41) is 22.3. The van der Waals surface area contributed by atoms with Crippen molar-refractivity contribution < 1.29 is 19.6 Å². The van der Waals surface area contributed by atoms with Crippen LogP contribution >= 0.6 is 0 Å². The summed E-state index contributed by atoms with van der Waals surface area (Å²) in [6.45, 7) is 3.03. The Labute approximate surface area is 115 Å². The number of carboxylic acids is 1. The summed E-state index contributed by atoms with van der Waals surface area (Å²) in [5.41, 5.74) is -1.28. The molecule has 0 fully saturated rings. The van der Waals surface area contributed by atoms with E-state index < -0.39 is 22.3 Å². The predicted molar refractivity (Wildman–Crippen MR) is 71.3 cm³/mol. The fraction of sp³-hybridized carbons (Fsp3) is 0.385. The Morgan fingerprint density at radius 3 is 2.50 bits per heavy atom. The van der Waals surface area contributed by atoms with Gasteiger partial charge in [0.05, 0.1) is 11.3 Å². The molecular weight excluding hydrogens is 264 g/mol. The van der Waals surface area contributed by atoms with Crippen molar-refractivity contribution in [3.8, 4) is 0 Å². The quantitative estimate of drug-likeness (QED) is 0.606. The zero-order valence-electron chi connectivity index (χ0n) is 11.3. The largest absolute Gasteiger partial charge is 0.480 e. The number of carbonyl (C=O) groups excluding carboxylic acids is 1. The summed E-state index contributed by atoms with van der Waals surface area (Å²) in [5.74, 6) is -1.71. The van der Waals surface area contributed by atoms with Crippen molar-refractivity contribution in [1.29, 1.82) is 0 Å². The third-order valence-corrected chi connectivity index (χ3v) is 3.13. The number of rotatable bonds is 6. The van der Waals surface area contributed by atoms with Crippen LogP contribution in [0.4, 0.5) is 5.69 Å². The maximum Gasteiger partial charge on any atom is 0.329 e. The zero-order valence-corrected chi connectivity index (χ0v) is 11.3. The van der Waals surface area contributed by atoms with Gasteiger partial charge in [0.2, 0.25) is 5.91 Å². The Balaban J connectivity index is 2.87. The molecule has 0 aliphatic heterocycles. The second-order valence-corrected chi connectivity index (χ2v) is 4.60. The standard InChI is InChI=1S/C13H16N2O5/c1-3-13(2,12(17)18)14-11(16)8-9-6-4-5-7-10(9)15(19)20/h4-7H,3,8H2,1-2H3,(H,14,16)(H,17,18). The molecule has 108 valence electrons. The van der Waals surface area contributed by atoms with Crippen LogP contribution in [-0.4, -0.2) is 27.4 Å². The number of aliphatic carboxylic acids is 1. The van der Waals surface area contributed by atoms with Gasteiger partial charge in [-0.05, 0) is 13.3 Å². The Morgan fingerprint density at radius 2 is 2.00 bits per heavy atom. The van der Waals surface area contributed by atoms with Crippen molar-refractivity contribution in [2.75, 3.05) is 0 Å². The van der Waals surface area contributed by atoms with Crippen molar-refractivity contribution in [1.82, 2.24) is 5.32 Å². The molecule has 0 saturated carbocycles. The smallest absolute Gasteiger partial charge is 0.329 e. The van der Waals surface area contributed by atoms with E-state index >= 15 is 0 Å². The zero-order chi connectivity index (χ0) is 15.3. The first-order valence-electron chi connectivity index (χ1n) is 6.07. The summed E-state index contributed by atoms with van der Waals surface area (Å²) in [7, 11) is 0. The van der Waals surface area contributed by atoms with Crippen LogP contribution in [0, 0.1) is 10.1 Å². The van der Waals surface area contributed by atoms with Crippen LogP contribution in [0.3, 0.4) is 0 Å². The summed E-state index contributed by atoms with van der Waals surface area (Å²) < 4.78 is 0. The molecule has 0 heterocycles. The molecule has 20 heavy (non-hydrogen) atoms. The first-order chi connectivity index (χ1) is 9.30. The number of para-hydroxylation sites is 1. The lowest BCUT2D eigenvalue weighted by atomic mass is 9.98. The van der Waals surface area contributed by atoms with Gasteiger partial charge >= 0.3 is 5.97 Å². The highest BCUT2D eigenvalue weighted by atomic mass is 16.6. The van der Waals surface area contributed by atoms with Gasteiger partial charge in [0, 0.05) is 11.6 Å². The molecule has 7 heteroatoms. The van der Waals surface area contributed by atoms with Gasteiger partial charge in [0.15, 0.2) is 0 Å². The molecule has 0 saturated heterocycles. The maximum atomic E-state index is 11.9. The number of nitrogens with one attached hydrogen (secondary N) is 1. The number of carbonyl (C=O) groups is 2. The average Bonchev–Trinajstić information content (AvgIpc) is 2.38. The first kappa shape index (κ1) is 15.6. The number of nitro benzene ring substituents is 1. The van der Waals surface area contributed by atoms with Crippen LogP contribution in [0.25, 0.3) is 0 Å². The maximum absolute atomic E-state index is 11.9. The van der Waals surface area contributed by atoms with E-state index in [0.29, 0.717) is 0 Å². The van der Waals surface area contributed by atoms with Crippen molar-refractivity contribution in [2.24, 2.45) is 0 Å². The average molecular weight is 280 g/mol. The van der Waals surface area contributed by atoms with Crippen molar-refractivity contribution in [3.05, 3.63) is 39.9 Å². The van der Waals surface area contributed by atoms with Crippen LogP contribution in [0.15, 0.2) is 24.3 Å². The molecule has 1 aromatic rings. The van der Waals surface area contributed by atoms with E-state index in [-0.39, 0.29) is 24.1 Å². The topological polar surface area (TPSA) is 110 Å². The summed E-state index contributed by atoms with van der Waals surface area (Å²) in [6.07, 6.45) is -0.0228. The summed E-state index contributed by atoms with van der Waals surface area (Å²) in [6, 6.07) is 5.87. The minimum Gasteiger partial charge on any atom is -0.480 e. The van der Waals surface area contributed by atoms with E-state index in [1.165, 1.54) is 25.1 Å². The van der Waals surface area contributed by atoms with Gasteiger partial charge in [-0.15, -0.1) is 0 Å². The fourth-order valence-corrected chi connectivity index (χ4v) is 1.66. The molecule has 0 aliphatic carbocycles. The number of benzene rings is 1. The van der Waals surface area contributed by atoms with Gasteiger partial charge in [0.1, 0.15) is 5.54 Å². The lowest BCUT2D eigenvalue weighted by Gasteiger charge is -2.24. The van der Waals surface area contributed by atoms with Crippen molar-refractivity contribution in [2.45, 2.75) is 32.2 Å². The molecule has 1 aromatic carbocycles. The Hall–Kier alpha value is -2.44. The number of nitrogens with zero attached hydrogens (tertiary/aromatic N) is 1. The molecule has 0 aromatic heterocycles. The summed E-state index contributed by atoms with van der Waals surface area (Å²) in [4.78, 5) is 33.2. The first-order valence-corrected chi connectivity index (χ1v) is 6.07. The lowest BCUT2D eigenvalue weighted by Crippen LogP contribution is -2.52. The van der Waals surface area contributed by atoms with E-state index in [0.717, 1.165) is 0 Å². The highest BCUT2D eigenvalue weighted by Crippen LogP contribution is 2.18. The summed E-state index contributed by atoms with van der Waals surface area (Å²) >= 11 is 0. The number of carboxylic acid groups (broad SMARTS) is 1. The minimum absolute atomic E-state index is 0.156. The third kappa shape index (κ3) is 3.53. The van der Waals surface area contributed by atoms with Gasteiger partial charge in [-0.2, -0.15) is 0 Å². The van der Waals surface area contributed by atoms with Gasteiger partial charge in [0.25, 0.3) is 5.69 Å². The molecule has 0 spiro atoms. The van der Waals surface area contributed by atoms with Crippen LogP contribution in [-0.2, 0) is 16.0 Å². The van der Waals surface area contributed by atoms with Crippen molar-refractivity contribution >= 4 is 17.6 Å². The second kappa shape index (κ2) is 6.14. The Morgan fingerprint density at radius 1 is 1.40 bits per heavy atom. The van der Waals surface area contributed by atoms with Gasteiger partial charge in [-0.1, -0.05) is 25.1 Å². The second-order valence-electron chi connectivity index (χ2n) is 4.60. The number of nitro groups is 1. The molecule has 0 bridgehead atoms.